The predicted molar refractivity (Wildman–Crippen MR) is 158 cm³/mol. The summed E-state index contributed by atoms with van der Waals surface area (Å²) in [6, 6.07) is 42.5. The smallest absolute Gasteiger partial charge is 0.0701 e. The fourth-order valence-corrected chi connectivity index (χ4v) is 4.96. The normalized spacial score (nSPS) is 13.3. The zero-order valence-electron chi connectivity index (χ0n) is 22.3. The van der Waals surface area contributed by atoms with E-state index in [9.17, 15) is 5.11 Å². The first-order valence-corrected chi connectivity index (χ1v) is 13.3. The van der Waals surface area contributed by atoms with Gasteiger partial charge < -0.3 is 5.11 Å². The van der Waals surface area contributed by atoms with Crippen LogP contribution >= 0.6 is 0 Å². The summed E-state index contributed by atoms with van der Waals surface area (Å²) < 4.78 is 0. The molecule has 1 N–H and O–H groups in total. The molecule has 0 spiro atoms. The van der Waals surface area contributed by atoms with Crippen molar-refractivity contribution in [3.63, 3.8) is 0 Å². The molecule has 0 saturated heterocycles. The maximum atomic E-state index is 11.7. The third-order valence-corrected chi connectivity index (χ3v) is 6.73. The van der Waals surface area contributed by atoms with Crippen molar-refractivity contribution in [1.29, 1.82) is 0 Å². The number of aliphatic hydroxyl groups excluding tert-OH is 1. The lowest BCUT2D eigenvalue weighted by Gasteiger charge is -2.36. The van der Waals surface area contributed by atoms with Gasteiger partial charge in [-0.25, -0.2) is 0 Å². The molecular formula is C34H40BNO. The molecule has 0 amide bonds. The Kier molecular flexibility index (Phi) is 12.2. The van der Waals surface area contributed by atoms with E-state index in [4.69, 9.17) is 0 Å². The lowest BCUT2D eigenvalue weighted by molar-refractivity contribution is 0.0255. The second-order valence-electron chi connectivity index (χ2n) is 9.73. The summed E-state index contributed by atoms with van der Waals surface area (Å²) >= 11 is 0. The lowest BCUT2D eigenvalue weighted by atomic mass is 9.89. The molecule has 37 heavy (non-hydrogen) atoms. The Morgan fingerprint density at radius 2 is 0.919 bits per heavy atom. The fourth-order valence-electron chi connectivity index (χ4n) is 4.96. The van der Waals surface area contributed by atoms with Crippen molar-refractivity contribution in [1.82, 2.24) is 4.90 Å². The van der Waals surface area contributed by atoms with Crippen molar-refractivity contribution >= 4 is 7.85 Å². The average Bonchev–Trinajstić information content (AvgIpc) is 2.94. The van der Waals surface area contributed by atoms with Gasteiger partial charge in [-0.2, -0.15) is 0 Å². The zero-order chi connectivity index (χ0) is 26.3. The van der Waals surface area contributed by atoms with Gasteiger partial charge in [0.1, 0.15) is 0 Å². The minimum Gasteiger partial charge on any atom is -0.391 e. The van der Waals surface area contributed by atoms with Crippen molar-refractivity contribution < 1.29 is 5.11 Å². The highest BCUT2D eigenvalue weighted by molar-refractivity contribution is 6.05. The van der Waals surface area contributed by atoms with Crippen LogP contribution in [0, 0.1) is 5.92 Å². The van der Waals surface area contributed by atoms with Crippen molar-refractivity contribution in [2.75, 3.05) is 0 Å². The van der Waals surface area contributed by atoms with E-state index < -0.39 is 6.10 Å². The Balaban J connectivity index is 0.00000186. The Morgan fingerprint density at radius 3 is 1.32 bits per heavy atom. The molecule has 3 heteroatoms. The fraction of sp³-hybridized carbons (Fsp3) is 0.294. The average molecular weight is 490 g/mol. The van der Waals surface area contributed by atoms with Crippen LogP contribution in [0.2, 0.25) is 6.82 Å². The maximum absolute atomic E-state index is 11.7. The second-order valence-corrected chi connectivity index (χ2v) is 9.73. The molecule has 0 saturated carbocycles. The van der Waals surface area contributed by atoms with E-state index in [1.54, 1.807) is 0 Å². The SMILES string of the molecule is C[C@@H](Cc1ccccc1)C[C@H](O)[C@@H](Cc1ccccc1)N(Cc1ccccc1)Cc1ccccc1.[B]C. The van der Waals surface area contributed by atoms with E-state index in [0.717, 1.165) is 32.4 Å². The van der Waals surface area contributed by atoms with Crippen LogP contribution in [-0.2, 0) is 25.9 Å². The highest BCUT2D eigenvalue weighted by Crippen LogP contribution is 2.24. The van der Waals surface area contributed by atoms with Crippen LogP contribution in [0.1, 0.15) is 35.6 Å². The molecule has 0 fully saturated rings. The Morgan fingerprint density at radius 1 is 0.568 bits per heavy atom. The number of hydrogen-bond donors (Lipinski definition) is 1. The molecule has 0 aromatic heterocycles. The molecule has 0 bridgehead atoms. The van der Waals surface area contributed by atoms with Crippen LogP contribution in [0.4, 0.5) is 0 Å². The molecule has 190 valence electrons. The summed E-state index contributed by atoms with van der Waals surface area (Å²) in [4.78, 5) is 2.47. The van der Waals surface area contributed by atoms with Crippen molar-refractivity contribution in [3.8, 4) is 0 Å². The van der Waals surface area contributed by atoms with E-state index in [-0.39, 0.29) is 6.04 Å². The molecule has 2 nitrogen and oxygen atoms in total. The van der Waals surface area contributed by atoms with Crippen molar-refractivity contribution in [2.45, 2.75) is 58.2 Å². The molecule has 0 unspecified atom stereocenters. The number of hydrogen-bond acceptors (Lipinski definition) is 2. The first-order chi connectivity index (χ1) is 18.2. The van der Waals surface area contributed by atoms with Crippen LogP contribution in [0.15, 0.2) is 121 Å². The van der Waals surface area contributed by atoms with Crippen LogP contribution < -0.4 is 0 Å². The molecule has 2 radical (unpaired) electrons. The minimum atomic E-state index is -0.429. The largest absolute Gasteiger partial charge is 0.391 e. The van der Waals surface area contributed by atoms with E-state index >= 15 is 0 Å². The molecule has 4 aromatic rings. The summed E-state index contributed by atoms with van der Waals surface area (Å²) in [7, 11) is 4.50. The Bertz CT molecular complexity index is 1060. The standard InChI is InChI=1S/C33H37NO.CH3B/c1-27(22-28-14-6-2-7-15-28)23-33(35)32(24-29-16-8-3-9-17-29)34(25-30-18-10-4-11-19-30)26-31-20-12-5-13-21-31;1-2/h2-21,27,32-33,35H,22-26H2,1H3;1H3/t27-,32+,33-;/m0./s1. The molecule has 3 atom stereocenters. The third kappa shape index (κ3) is 9.68. The van der Waals surface area contributed by atoms with Crippen molar-refractivity contribution in [3.05, 3.63) is 144 Å². The summed E-state index contributed by atoms with van der Waals surface area (Å²) in [5.41, 5.74) is 5.13. The molecule has 0 heterocycles. The lowest BCUT2D eigenvalue weighted by Crippen LogP contribution is -2.45. The van der Waals surface area contributed by atoms with Crippen LogP contribution in [0.5, 0.6) is 0 Å². The Labute approximate surface area is 225 Å². The van der Waals surface area contributed by atoms with E-state index in [2.05, 4.69) is 141 Å². The van der Waals surface area contributed by atoms with Crippen LogP contribution in [-0.4, -0.2) is 30.0 Å². The van der Waals surface area contributed by atoms with Gasteiger partial charge in [-0.15, -0.1) is 0 Å². The van der Waals surface area contributed by atoms with E-state index in [0.29, 0.717) is 5.92 Å². The summed E-state index contributed by atoms with van der Waals surface area (Å²) in [6.07, 6.45) is 2.14. The molecule has 4 rings (SSSR count). The first kappa shape index (κ1) is 28.4. The first-order valence-electron chi connectivity index (χ1n) is 13.3. The van der Waals surface area contributed by atoms with Crippen LogP contribution in [0.25, 0.3) is 0 Å². The van der Waals surface area contributed by atoms with E-state index in [1.165, 1.54) is 29.1 Å². The van der Waals surface area contributed by atoms with Gasteiger partial charge in [0.15, 0.2) is 0 Å². The third-order valence-electron chi connectivity index (χ3n) is 6.73. The van der Waals surface area contributed by atoms with Gasteiger partial charge in [-0.3, -0.25) is 4.90 Å². The Hall–Kier alpha value is -3.14. The van der Waals surface area contributed by atoms with E-state index in [1.807, 2.05) is 0 Å². The molecule has 4 aromatic carbocycles. The summed E-state index contributed by atoms with van der Waals surface area (Å²) in [5.74, 6) is 0.390. The van der Waals surface area contributed by atoms with Gasteiger partial charge in [0.05, 0.1) is 14.0 Å². The van der Waals surface area contributed by atoms with Crippen LogP contribution in [0.3, 0.4) is 0 Å². The number of benzene rings is 4. The minimum absolute atomic E-state index is 0.0102. The quantitative estimate of drug-likeness (QED) is 0.214. The van der Waals surface area contributed by atoms with Gasteiger partial charge in [0.25, 0.3) is 0 Å². The zero-order valence-corrected chi connectivity index (χ0v) is 22.3. The summed E-state index contributed by atoms with van der Waals surface area (Å²) in [5, 5.41) is 11.7. The monoisotopic (exact) mass is 489 g/mol. The van der Waals surface area contributed by atoms with Gasteiger partial charge >= 0.3 is 0 Å². The second kappa shape index (κ2) is 15.9. The molecule has 0 aliphatic rings. The predicted octanol–water partition coefficient (Wildman–Crippen LogP) is 7.13. The van der Waals surface area contributed by atoms with Gasteiger partial charge in [-0.1, -0.05) is 135 Å². The topological polar surface area (TPSA) is 23.5 Å². The molecular weight excluding hydrogens is 449 g/mol. The van der Waals surface area contributed by atoms with Gasteiger partial charge in [0.2, 0.25) is 0 Å². The number of rotatable bonds is 12. The highest BCUT2D eigenvalue weighted by Gasteiger charge is 2.28. The highest BCUT2D eigenvalue weighted by atomic mass is 16.3. The van der Waals surface area contributed by atoms with Gasteiger partial charge in [-0.05, 0) is 47.4 Å². The maximum Gasteiger partial charge on any atom is 0.0701 e. The van der Waals surface area contributed by atoms with Crippen molar-refractivity contribution in [2.24, 2.45) is 5.92 Å². The number of aliphatic hydroxyl groups is 1. The van der Waals surface area contributed by atoms with Gasteiger partial charge in [0, 0.05) is 19.1 Å². The molecule has 0 aliphatic heterocycles. The molecule has 0 aliphatic carbocycles. The number of nitrogens with zero attached hydrogens (tertiary/aromatic N) is 1. The summed E-state index contributed by atoms with van der Waals surface area (Å²) in [6.45, 7) is 5.36.